The minimum Gasteiger partial charge on any atom is -0.444 e. The first-order valence-corrected chi connectivity index (χ1v) is 11.6. The van der Waals surface area contributed by atoms with Gasteiger partial charge in [0.2, 0.25) is 5.91 Å². The molecule has 32 heavy (non-hydrogen) atoms. The summed E-state index contributed by atoms with van der Waals surface area (Å²) < 4.78 is 11.8. The van der Waals surface area contributed by atoms with E-state index in [-0.39, 0.29) is 17.9 Å². The second kappa shape index (κ2) is 8.84. The van der Waals surface area contributed by atoms with Gasteiger partial charge in [-0.3, -0.25) is 15.1 Å². The standard InChI is InChI=1S/C23H24N4O4S/c1-13-19(26-23(29)31-17-3-2-8-30-12-17)9-16(11-24-13)15-6-7-18-20(10-15)32-22(25-18)27-21(28)14-4-5-14/h6-7,9-11,14,17H,2-5,8,12H2,1H3,(H,26,29)(H,25,27,28). The summed E-state index contributed by atoms with van der Waals surface area (Å²) in [5.41, 5.74) is 3.96. The van der Waals surface area contributed by atoms with Gasteiger partial charge in [0.1, 0.15) is 6.10 Å². The SMILES string of the molecule is Cc1ncc(-c2ccc3nc(NC(=O)C4CC4)sc3c2)cc1NC(=O)OC1CCCOC1. The monoisotopic (exact) mass is 452 g/mol. The fourth-order valence-corrected chi connectivity index (χ4v) is 4.53. The van der Waals surface area contributed by atoms with Crippen molar-refractivity contribution in [3.8, 4) is 11.1 Å². The highest BCUT2D eigenvalue weighted by molar-refractivity contribution is 7.22. The molecule has 1 atom stereocenters. The first-order chi connectivity index (χ1) is 15.5. The van der Waals surface area contributed by atoms with Crippen LogP contribution in [0, 0.1) is 12.8 Å². The van der Waals surface area contributed by atoms with Gasteiger partial charge in [0.15, 0.2) is 5.13 Å². The van der Waals surface area contributed by atoms with Crippen molar-refractivity contribution in [2.24, 2.45) is 5.92 Å². The van der Waals surface area contributed by atoms with E-state index < -0.39 is 6.09 Å². The number of carbonyl (C=O) groups excluding carboxylic acids is 2. The number of anilines is 2. The third kappa shape index (κ3) is 4.73. The highest BCUT2D eigenvalue weighted by Crippen LogP contribution is 2.34. The first kappa shape index (κ1) is 20.8. The zero-order valence-corrected chi connectivity index (χ0v) is 18.5. The van der Waals surface area contributed by atoms with Crippen LogP contribution in [0.2, 0.25) is 0 Å². The lowest BCUT2D eigenvalue weighted by molar-refractivity contribution is -0.117. The predicted octanol–water partition coefficient (Wildman–Crippen LogP) is 4.74. The third-order valence-electron chi connectivity index (χ3n) is 5.62. The molecule has 1 saturated carbocycles. The number of thiazole rings is 1. The number of hydrogen-bond donors (Lipinski definition) is 2. The van der Waals surface area contributed by atoms with Crippen LogP contribution in [0.15, 0.2) is 30.5 Å². The zero-order chi connectivity index (χ0) is 22.1. The molecule has 0 spiro atoms. The predicted molar refractivity (Wildman–Crippen MR) is 123 cm³/mol. The molecule has 3 aromatic rings. The summed E-state index contributed by atoms with van der Waals surface area (Å²) >= 11 is 1.45. The lowest BCUT2D eigenvalue weighted by Gasteiger charge is -2.22. The van der Waals surface area contributed by atoms with Crippen LogP contribution in [0.5, 0.6) is 0 Å². The molecule has 1 unspecified atom stereocenters. The molecule has 8 nitrogen and oxygen atoms in total. The van der Waals surface area contributed by atoms with Crippen LogP contribution in [-0.2, 0) is 14.3 Å². The second-order valence-corrected chi connectivity index (χ2v) is 9.22. The Kier molecular flexibility index (Phi) is 5.75. The molecule has 3 heterocycles. The smallest absolute Gasteiger partial charge is 0.412 e. The van der Waals surface area contributed by atoms with E-state index in [1.54, 1.807) is 6.20 Å². The molecule has 1 saturated heterocycles. The molecule has 2 fully saturated rings. The van der Waals surface area contributed by atoms with Crippen molar-refractivity contribution in [3.05, 3.63) is 36.2 Å². The summed E-state index contributed by atoms with van der Waals surface area (Å²) in [5, 5.41) is 6.34. The van der Waals surface area contributed by atoms with Crippen LogP contribution in [-0.4, -0.2) is 41.3 Å². The summed E-state index contributed by atoms with van der Waals surface area (Å²) in [6.07, 6.45) is 4.67. The van der Waals surface area contributed by atoms with Gasteiger partial charge in [-0.25, -0.2) is 9.78 Å². The van der Waals surface area contributed by atoms with E-state index in [1.165, 1.54) is 11.3 Å². The number of amides is 2. The highest BCUT2D eigenvalue weighted by atomic mass is 32.1. The maximum absolute atomic E-state index is 12.3. The number of hydrogen-bond acceptors (Lipinski definition) is 7. The largest absolute Gasteiger partial charge is 0.444 e. The maximum atomic E-state index is 12.3. The van der Waals surface area contributed by atoms with E-state index >= 15 is 0 Å². The summed E-state index contributed by atoms with van der Waals surface area (Å²) in [7, 11) is 0. The Morgan fingerprint density at radius 1 is 1.16 bits per heavy atom. The van der Waals surface area contributed by atoms with Crippen molar-refractivity contribution < 1.29 is 19.1 Å². The quantitative estimate of drug-likeness (QED) is 0.580. The fraction of sp³-hybridized carbons (Fsp3) is 0.391. The van der Waals surface area contributed by atoms with Crippen LogP contribution >= 0.6 is 11.3 Å². The van der Waals surface area contributed by atoms with E-state index in [9.17, 15) is 9.59 Å². The Morgan fingerprint density at radius 2 is 2.03 bits per heavy atom. The number of benzene rings is 1. The van der Waals surface area contributed by atoms with Crippen molar-refractivity contribution >= 4 is 44.4 Å². The molecule has 1 aromatic carbocycles. The van der Waals surface area contributed by atoms with Crippen LogP contribution in [0.1, 0.15) is 31.4 Å². The average Bonchev–Trinajstić information content (AvgIpc) is 3.56. The Labute approximate surface area is 189 Å². The summed E-state index contributed by atoms with van der Waals surface area (Å²) in [6, 6.07) is 7.80. The molecular formula is C23H24N4O4S. The van der Waals surface area contributed by atoms with Gasteiger partial charge in [-0.05, 0) is 56.4 Å². The van der Waals surface area contributed by atoms with E-state index in [0.29, 0.717) is 29.7 Å². The minimum atomic E-state index is -0.503. The van der Waals surface area contributed by atoms with Gasteiger partial charge in [0.25, 0.3) is 0 Å². The Hall–Kier alpha value is -3.04. The number of rotatable bonds is 5. The minimum absolute atomic E-state index is 0.0504. The average molecular weight is 453 g/mol. The summed E-state index contributed by atoms with van der Waals surface area (Å²) in [5.74, 6) is 0.189. The molecule has 2 aliphatic rings. The number of nitrogens with zero attached hydrogens (tertiary/aromatic N) is 2. The van der Waals surface area contributed by atoms with E-state index in [4.69, 9.17) is 9.47 Å². The molecule has 9 heteroatoms. The first-order valence-electron chi connectivity index (χ1n) is 10.8. The Balaban J connectivity index is 1.32. The number of fused-ring (bicyclic) bond motifs is 1. The summed E-state index contributed by atoms with van der Waals surface area (Å²) in [4.78, 5) is 33.3. The summed E-state index contributed by atoms with van der Waals surface area (Å²) in [6.45, 7) is 2.98. The lowest BCUT2D eigenvalue weighted by atomic mass is 10.1. The van der Waals surface area contributed by atoms with Crippen molar-refractivity contribution in [2.45, 2.75) is 38.7 Å². The number of nitrogens with one attached hydrogen (secondary N) is 2. The molecule has 2 aromatic heterocycles. The molecule has 1 aliphatic carbocycles. The molecule has 2 N–H and O–H groups in total. The van der Waals surface area contributed by atoms with Crippen molar-refractivity contribution in [2.75, 3.05) is 23.8 Å². The lowest BCUT2D eigenvalue weighted by Crippen LogP contribution is -2.30. The second-order valence-electron chi connectivity index (χ2n) is 8.19. The molecule has 5 rings (SSSR count). The zero-order valence-electron chi connectivity index (χ0n) is 17.7. The van der Waals surface area contributed by atoms with Gasteiger partial charge in [-0.1, -0.05) is 17.4 Å². The van der Waals surface area contributed by atoms with Gasteiger partial charge >= 0.3 is 6.09 Å². The number of carbonyl (C=O) groups is 2. The normalized spacial score (nSPS) is 18.3. The fourth-order valence-electron chi connectivity index (χ4n) is 3.62. The van der Waals surface area contributed by atoms with Gasteiger partial charge in [0, 0.05) is 24.3 Å². The van der Waals surface area contributed by atoms with E-state index in [0.717, 1.165) is 47.0 Å². The van der Waals surface area contributed by atoms with E-state index in [2.05, 4.69) is 20.6 Å². The molecular weight excluding hydrogens is 428 g/mol. The Bertz CT molecular complexity index is 1170. The highest BCUT2D eigenvalue weighted by Gasteiger charge is 2.30. The van der Waals surface area contributed by atoms with Crippen molar-refractivity contribution in [3.63, 3.8) is 0 Å². The number of aromatic nitrogens is 2. The maximum Gasteiger partial charge on any atom is 0.412 e. The molecule has 1 aliphatic heterocycles. The van der Waals surface area contributed by atoms with Crippen LogP contribution in [0.25, 0.3) is 21.3 Å². The van der Waals surface area contributed by atoms with Gasteiger partial charge in [0.05, 0.1) is 28.2 Å². The number of ether oxygens (including phenoxy) is 2. The van der Waals surface area contributed by atoms with Crippen LogP contribution < -0.4 is 10.6 Å². The van der Waals surface area contributed by atoms with Crippen LogP contribution in [0.4, 0.5) is 15.6 Å². The topological polar surface area (TPSA) is 102 Å². The van der Waals surface area contributed by atoms with Crippen LogP contribution in [0.3, 0.4) is 0 Å². The van der Waals surface area contributed by atoms with Gasteiger partial charge in [-0.15, -0.1) is 0 Å². The third-order valence-corrected chi connectivity index (χ3v) is 6.55. The molecule has 2 amide bonds. The number of pyridine rings is 1. The Morgan fingerprint density at radius 3 is 2.81 bits per heavy atom. The number of aryl methyl sites for hydroxylation is 1. The molecule has 0 radical (unpaired) electrons. The van der Waals surface area contributed by atoms with Crippen molar-refractivity contribution in [1.82, 2.24) is 9.97 Å². The molecule has 166 valence electrons. The van der Waals surface area contributed by atoms with Gasteiger partial charge < -0.3 is 14.8 Å². The van der Waals surface area contributed by atoms with Crippen molar-refractivity contribution in [1.29, 1.82) is 0 Å². The van der Waals surface area contributed by atoms with Gasteiger partial charge in [-0.2, -0.15) is 0 Å². The molecule has 0 bridgehead atoms. The van der Waals surface area contributed by atoms with E-state index in [1.807, 2.05) is 31.2 Å².